The molecule has 1 unspecified atom stereocenters. The van der Waals surface area contributed by atoms with Gasteiger partial charge in [-0.05, 0) is 24.5 Å². The van der Waals surface area contributed by atoms with Gasteiger partial charge in [-0.2, -0.15) is 0 Å². The zero-order chi connectivity index (χ0) is 16.1. The summed E-state index contributed by atoms with van der Waals surface area (Å²) in [7, 11) is 0. The Kier molecular flexibility index (Phi) is 6.16. The van der Waals surface area contributed by atoms with E-state index in [1.165, 1.54) is 43.9 Å². The minimum absolute atomic E-state index is 0.516. The van der Waals surface area contributed by atoms with Gasteiger partial charge in [-0.3, -0.25) is 0 Å². The van der Waals surface area contributed by atoms with Crippen LogP contribution >= 0.6 is 34.7 Å². The van der Waals surface area contributed by atoms with Gasteiger partial charge >= 0.3 is 0 Å². The molecule has 2 aromatic rings. The van der Waals surface area contributed by atoms with Crippen LogP contribution in [0.4, 0.5) is 5.13 Å². The third kappa shape index (κ3) is 4.83. The molecule has 2 N–H and O–H groups in total. The molecule has 1 atom stereocenters. The van der Waals surface area contributed by atoms with Gasteiger partial charge in [0.05, 0.1) is 6.10 Å². The second-order valence-corrected chi connectivity index (χ2v) is 8.35. The fourth-order valence-corrected chi connectivity index (χ4v) is 4.80. The van der Waals surface area contributed by atoms with Crippen molar-refractivity contribution >= 4 is 39.8 Å². The molecule has 3 rings (SSSR count). The van der Waals surface area contributed by atoms with E-state index < -0.39 is 6.10 Å². The molecule has 0 bridgehead atoms. The maximum atomic E-state index is 10.3. The predicted molar refractivity (Wildman–Crippen MR) is 97.5 cm³/mol. The molecular formula is C16H20ClN3OS2. The summed E-state index contributed by atoms with van der Waals surface area (Å²) in [6, 6.07) is 7.92. The third-order valence-electron chi connectivity index (χ3n) is 3.97. The van der Waals surface area contributed by atoms with Crippen LogP contribution in [-0.2, 0) is 0 Å². The van der Waals surface area contributed by atoms with Crippen molar-refractivity contribution in [3.63, 3.8) is 0 Å². The molecule has 4 nitrogen and oxygen atoms in total. The number of hydrogen-bond donors (Lipinski definition) is 2. The molecule has 1 aliphatic rings. The highest BCUT2D eigenvalue weighted by Gasteiger charge is 2.16. The topological polar surface area (TPSA) is 58.0 Å². The van der Waals surface area contributed by atoms with Crippen LogP contribution in [0, 0.1) is 0 Å². The van der Waals surface area contributed by atoms with E-state index in [-0.39, 0.29) is 0 Å². The lowest BCUT2D eigenvalue weighted by atomic mass is 9.96. The summed E-state index contributed by atoms with van der Waals surface area (Å²) >= 11 is 9.17. The zero-order valence-corrected chi connectivity index (χ0v) is 15.1. The van der Waals surface area contributed by atoms with Crippen molar-refractivity contribution in [2.45, 2.75) is 48.6 Å². The summed E-state index contributed by atoms with van der Waals surface area (Å²) in [5, 5.41) is 23.6. The van der Waals surface area contributed by atoms with Crippen LogP contribution in [0.25, 0.3) is 0 Å². The number of hydrogen-bond acceptors (Lipinski definition) is 6. The SMILES string of the molecule is OC(CSc1nnc(NC2CCCCC2)s1)c1ccccc1Cl. The lowest BCUT2D eigenvalue weighted by Gasteiger charge is -2.21. The van der Waals surface area contributed by atoms with Gasteiger partial charge in [-0.1, -0.05) is 72.2 Å². The Labute approximate surface area is 149 Å². The summed E-state index contributed by atoms with van der Waals surface area (Å²) < 4.78 is 0.870. The fourth-order valence-electron chi connectivity index (χ4n) is 2.73. The van der Waals surface area contributed by atoms with Gasteiger partial charge in [-0.25, -0.2) is 0 Å². The molecule has 7 heteroatoms. The minimum atomic E-state index is -0.604. The number of aromatic nitrogens is 2. The normalized spacial score (nSPS) is 17.1. The molecule has 23 heavy (non-hydrogen) atoms. The van der Waals surface area contributed by atoms with Crippen molar-refractivity contribution in [1.29, 1.82) is 0 Å². The van der Waals surface area contributed by atoms with Crippen LogP contribution in [0.3, 0.4) is 0 Å². The van der Waals surface area contributed by atoms with E-state index in [0.29, 0.717) is 16.8 Å². The van der Waals surface area contributed by atoms with Crippen molar-refractivity contribution in [2.24, 2.45) is 0 Å². The average molecular weight is 370 g/mol. The third-order valence-corrected chi connectivity index (χ3v) is 6.38. The van der Waals surface area contributed by atoms with Gasteiger partial charge in [-0.15, -0.1) is 10.2 Å². The van der Waals surface area contributed by atoms with E-state index in [1.54, 1.807) is 17.4 Å². The number of halogens is 1. The minimum Gasteiger partial charge on any atom is -0.387 e. The van der Waals surface area contributed by atoms with Crippen LogP contribution in [0.1, 0.15) is 43.8 Å². The molecule has 1 aromatic heterocycles. The Morgan fingerprint density at radius 2 is 2.04 bits per heavy atom. The quantitative estimate of drug-likeness (QED) is 0.719. The summed E-state index contributed by atoms with van der Waals surface area (Å²) in [6.07, 6.45) is 5.76. The highest BCUT2D eigenvalue weighted by atomic mass is 35.5. The van der Waals surface area contributed by atoms with Crippen LogP contribution in [0.2, 0.25) is 5.02 Å². The van der Waals surface area contributed by atoms with Crippen molar-refractivity contribution in [2.75, 3.05) is 11.1 Å². The van der Waals surface area contributed by atoms with Crippen LogP contribution in [0.15, 0.2) is 28.6 Å². The van der Waals surface area contributed by atoms with E-state index in [4.69, 9.17) is 11.6 Å². The maximum absolute atomic E-state index is 10.3. The lowest BCUT2D eigenvalue weighted by Crippen LogP contribution is -2.21. The van der Waals surface area contributed by atoms with E-state index in [0.717, 1.165) is 15.0 Å². The summed E-state index contributed by atoms with van der Waals surface area (Å²) in [5.41, 5.74) is 0.756. The van der Waals surface area contributed by atoms with Gasteiger partial charge in [0.1, 0.15) is 0 Å². The Bertz CT molecular complexity index is 631. The number of rotatable bonds is 6. The Balaban J connectivity index is 1.51. The number of nitrogens with zero attached hydrogens (tertiary/aromatic N) is 2. The first-order valence-corrected chi connectivity index (χ1v) is 10.1. The van der Waals surface area contributed by atoms with Crippen molar-refractivity contribution in [3.8, 4) is 0 Å². The Morgan fingerprint density at radius 3 is 2.83 bits per heavy atom. The molecule has 0 spiro atoms. The maximum Gasteiger partial charge on any atom is 0.206 e. The van der Waals surface area contributed by atoms with E-state index >= 15 is 0 Å². The number of anilines is 1. The average Bonchev–Trinajstić information content (AvgIpc) is 3.01. The van der Waals surface area contributed by atoms with Crippen molar-refractivity contribution < 1.29 is 5.11 Å². The van der Waals surface area contributed by atoms with Gasteiger partial charge in [0.15, 0.2) is 4.34 Å². The first-order chi connectivity index (χ1) is 11.2. The zero-order valence-electron chi connectivity index (χ0n) is 12.7. The molecule has 0 saturated heterocycles. The van der Waals surface area contributed by atoms with Crippen molar-refractivity contribution in [3.05, 3.63) is 34.9 Å². The van der Waals surface area contributed by atoms with E-state index in [1.807, 2.05) is 18.2 Å². The molecule has 1 fully saturated rings. The molecular weight excluding hydrogens is 350 g/mol. The second-order valence-electron chi connectivity index (χ2n) is 5.70. The second kappa shape index (κ2) is 8.33. The number of aliphatic hydroxyl groups excluding tert-OH is 1. The fraction of sp³-hybridized carbons (Fsp3) is 0.500. The lowest BCUT2D eigenvalue weighted by molar-refractivity contribution is 0.204. The van der Waals surface area contributed by atoms with Crippen molar-refractivity contribution in [1.82, 2.24) is 10.2 Å². The standard InChI is InChI=1S/C16H20ClN3OS2/c17-13-9-5-4-8-12(13)14(21)10-22-16-20-19-15(23-16)18-11-6-2-1-3-7-11/h4-5,8-9,11,14,21H,1-3,6-7,10H2,(H,18,19). The molecule has 0 aliphatic heterocycles. The molecule has 1 saturated carbocycles. The Hall–Kier alpha value is -0.820. The van der Waals surface area contributed by atoms with E-state index in [9.17, 15) is 5.11 Å². The van der Waals surface area contributed by atoms with E-state index in [2.05, 4.69) is 15.5 Å². The highest BCUT2D eigenvalue weighted by Crippen LogP contribution is 2.32. The largest absolute Gasteiger partial charge is 0.387 e. The van der Waals surface area contributed by atoms with Gasteiger partial charge in [0, 0.05) is 16.8 Å². The first kappa shape index (κ1) is 17.0. The number of thioether (sulfide) groups is 1. The number of benzene rings is 1. The highest BCUT2D eigenvalue weighted by molar-refractivity contribution is 8.01. The molecule has 124 valence electrons. The van der Waals surface area contributed by atoms with Crippen LogP contribution in [-0.4, -0.2) is 27.1 Å². The van der Waals surface area contributed by atoms with Crippen LogP contribution < -0.4 is 5.32 Å². The predicted octanol–water partition coefficient (Wildman–Crippen LogP) is 4.76. The smallest absolute Gasteiger partial charge is 0.206 e. The molecule has 0 radical (unpaired) electrons. The number of nitrogens with one attached hydrogen (secondary N) is 1. The molecule has 1 aliphatic carbocycles. The van der Waals surface area contributed by atoms with Gasteiger partial charge < -0.3 is 10.4 Å². The number of aliphatic hydroxyl groups is 1. The molecule has 0 amide bonds. The Morgan fingerprint density at radius 1 is 1.26 bits per heavy atom. The summed E-state index contributed by atoms with van der Waals surface area (Å²) in [5.74, 6) is 0.516. The van der Waals surface area contributed by atoms with Crippen LogP contribution in [0.5, 0.6) is 0 Å². The summed E-state index contributed by atoms with van der Waals surface area (Å²) in [6.45, 7) is 0. The summed E-state index contributed by atoms with van der Waals surface area (Å²) in [4.78, 5) is 0. The molecule has 1 heterocycles. The molecule has 1 aromatic carbocycles. The van der Waals surface area contributed by atoms with Gasteiger partial charge in [0.25, 0.3) is 0 Å². The first-order valence-electron chi connectivity index (χ1n) is 7.87. The monoisotopic (exact) mass is 369 g/mol. The van der Waals surface area contributed by atoms with Gasteiger partial charge in [0.2, 0.25) is 5.13 Å².